The van der Waals surface area contributed by atoms with Crippen molar-refractivity contribution in [2.45, 2.75) is 44.4 Å². The van der Waals surface area contributed by atoms with E-state index in [0.717, 1.165) is 12.8 Å². The molecular formula is C14H16F2N2O2S. The highest BCUT2D eigenvalue weighted by atomic mass is 32.1. The number of alkyl halides is 2. The lowest BCUT2D eigenvalue weighted by Gasteiger charge is -2.24. The van der Waals surface area contributed by atoms with Gasteiger partial charge >= 0.3 is 6.29 Å². The standard InChI is InChI=1S/C14H16F2N2O2S/c15-14(16)19-11-7-6-10(8-12(11)20-14)18-13(21)17-9-4-2-1-3-5-9/h6-9H,1-5H2,(H2,17,18,21). The maximum absolute atomic E-state index is 12.9. The topological polar surface area (TPSA) is 42.5 Å². The van der Waals surface area contributed by atoms with Crippen molar-refractivity contribution in [1.29, 1.82) is 0 Å². The Morgan fingerprint density at radius 1 is 1.14 bits per heavy atom. The third-order valence-corrected chi connectivity index (χ3v) is 3.82. The zero-order chi connectivity index (χ0) is 14.9. The van der Waals surface area contributed by atoms with Crippen LogP contribution in [0.4, 0.5) is 14.5 Å². The molecule has 0 atom stereocenters. The van der Waals surface area contributed by atoms with Gasteiger partial charge in [0.05, 0.1) is 0 Å². The third-order valence-electron chi connectivity index (χ3n) is 3.60. The van der Waals surface area contributed by atoms with E-state index in [-0.39, 0.29) is 11.5 Å². The van der Waals surface area contributed by atoms with Gasteiger partial charge in [-0.25, -0.2) is 0 Å². The molecule has 1 saturated carbocycles. The molecule has 0 unspecified atom stereocenters. The quantitative estimate of drug-likeness (QED) is 0.816. The van der Waals surface area contributed by atoms with Crippen LogP contribution in [-0.2, 0) is 0 Å². The fourth-order valence-corrected chi connectivity index (χ4v) is 2.91. The van der Waals surface area contributed by atoms with Crippen molar-refractivity contribution in [3.63, 3.8) is 0 Å². The van der Waals surface area contributed by atoms with Gasteiger partial charge in [-0.15, -0.1) is 8.78 Å². The van der Waals surface area contributed by atoms with Crippen LogP contribution in [-0.4, -0.2) is 17.4 Å². The zero-order valence-electron chi connectivity index (χ0n) is 11.3. The molecule has 0 aromatic heterocycles. The van der Waals surface area contributed by atoms with Gasteiger partial charge in [-0.2, -0.15) is 0 Å². The van der Waals surface area contributed by atoms with E-state index in [1.807, 2.05) is 0 Å². The summed E-state index contributed by atoms with van der Waals surface area (Å²) in [5.41, 5.74) is 0.586. The van der Waals surface area contributed by atoms with Crippen molar-refractivity contribution in [2.75, 3.05) is 5.32 Å². The Kier molecular flexibility index (Phi) is 3.84. The molecule has 114 valence electrons. The second-order valence-corrected chi connectivity index (χ2v) is 5.67. The SMILES string of the molecule is FC1(F)Oc2ccc(NC(=S)NC3CCCCC3)cc2O1. The zero-order valence-corrected chi connectivity index (χ0v) is 12.1. The Morgan fingerprint density at radius 2 is 1.86 bits per heavy atom. The predicted molar refractivity (Wildman–Crippen MR) is 78.9 cm³/mol. The van der Waals surface area contributed by atoms with Crippen LogP contribution in [0.5, 0.6) is 11.5 Å². The summed E-state index contributed by atoms with van der Waals surface area (Å²) in [4.78, 5) is 0. The molecule has 21 heavy (non-hydrogen) atoms. The molecule has 1 aliphatic heterocycles. The van der Waals surface area contributed by atoms with E-state index in [1.54, 1.807) is 6.07 Å². The maximum Gasteiger partial charge on any atom is 0.586 e. The Bertz CT molecular complexity index is 548. The van der Waals surface area contributed by atoms with Gasteiger partial charge in [-0.3, -0.25) is 0 Å². The van der Waals surface area contributed by atoms with E-state index in [9.17, 15) is 8.78 Å². The summed E-state index contributed by atoms with van der Waals surface area (Å²) < 4.78 is 34.6. The summed E-state index contributed by atoms with van der Waals surface area (Å²) in [6.45, 7) is 0. The Labute approximate surface area is 126 Å². The Hall–Kier alpha value is -1.63. The van der Waals surface area contributed by atoms with E-state index in [0.29, 0.717) is 16.8 Å². The second-order valence-electron chi connectivity index (χ2n) is 5.26. The molecule has 1 heterocycles. The van der Waals surface area contributed by atoms with Crippen LogP contribution in [0, 0.1) is 0 Å². The van der Waals surface area contributed by atoms with Gasteiger partial charge in [0, 0.05) is 17.8 Å². The highest BCUT2D eigenvalue weighted by Gasteiger charge is 2.43. The molecule has 2 N–H and O–H groups in total. The average Bonchev–Trinajstić information content (AvgIpc) is 2.73. The third kappa shape index (κ3) is 3.53. The van der Waals surface area contributed by atoms with Crippen LogP contribution < -0.4 is 20.1 Å². The number of anilines is 1. The van der Waals surface area contributed by atoms with Crippen molar-refractivity contribution in [2.24, 2.45) is 0 Å². The molecule has 3 rings (SSSR count). The van der Waals surface area contributed by atoms with Gasteiger partial charge in [0.1, 0.15) is 0 Å². The van der Waals surface area contributed by atoms with Crippen molar-refractivity contribution in [3.8, 4) is 11.5 Å². The fraction of sp³-hybridized carbons (Fsp3) is 0.500. The number of benzene rings is 1. The minimum atomic E-state index is -3.60. The van der Waals surface area contributed by atoms with E-state index >= 15 is 0 Å². The molecule has 7 heteroatoms. The molecular weight excluding hydrogens is 298 g/mol. The summed E-state index contributed by atoms with van der Waals surface area (Å²) in [5, 5.41) is 6.73. The van der Waals surface area contributed by atoms with Crippen molar-refractivity contribution in [1.82, 2.24) is 5.32 Å². The lowest BCUT2D eigenvalue weighted by Crippen LogP contribution is -2.38. The fourth-order valence-electron chi connectivity index (χ4n) is 2.63. The summed E-state index contributed by atoms with van der Waals surface area (Å²) in [5.74, 6) is 0.0298. The molecule has 4 nitrogen and oxygen atoms in total. The van der Waals surface area contributed by atoms with Gasteiger partial charge in [-0.05, 0) is 37.2 Å². The summed E-state index contributed by atoms with van der Waals surface area (Å²) in [6.07, 6.45) is 2.31. The smallest absolute Gasteiger partial charge is 0.395 e. The monoisotopic (exact) mass is 314 g/mol. The maximum atomic E-state index is 12.9. The van der Waals surface area contributed by atoms with Gasteiger partial charge in [0.25, 0.3) is 0 Å². The number of fused-ring (bicyclic) bond motifs is 1. The largest absolute Gasteiger partial charge is 0.586 e. The number of thiocarbonyl (C=S) groups is 1. The second kappa shape index (κ2) is 5.63. The first-order valence-electron chi connectivity index (χ1n) is 6.99. The van der Waals surface area contributed by atoms with E-state index in [2.05, 4.69) is 20.1 Å². The molecule has 0 bridgehead atoms. The minimum Gasteiger partial charge on any atom is -0.395 e. The van der Waals surface area contributed by atoms with Crippen molar-refractivity contribution in [3.05, 3.63) is 18.2 Å². The van der Waals surface area contributed by atoms with Crippen LogP contribution in [0.2, 0.25) is 0 Å². The Balaban J connectivity index is 1.59. The first-order valence-corrected chi connectivity index (χ1v) is 7.40. The molecule has 1 aromatic rings. The van der Waals surface area contributed by atoms with E-state index in [1.165, 1.54) is 31.4 Å². The van der Waals surface area contributed by atoms with Crippen LogP contribution in [0.25, 0.3) is 0 Å². The normalized spacial score (nSPS) is 20.1. The molecule has 2 aliphatic rings. The minimum absolute atomic E-state index is 0.00506. The number of halogens is 2. The van der Waals surface area contributed by atoms with Gasteiger partial charge < -0.3 is 20.1 Å². The summed E-state index contributed by atoms with van der Waals surface area (Å²) >= 11 is 5.25. The Morgan fingerprint density at radius 3 is 2.62 bits per heavy atom. The van der Waals surface area contributed by atoms with Gasteiger partial charge in [-0.1, -0.05) is 19.3 Å². The van der Waals surface area contributed by atoms with E-state index < -0.39 is 6.29 Å². The predicted octanol–water partition coefficient (Wildman–Crippen LogP) is 3.63. The van der Waals surface area contributed by atoms with Crippen LogP contribution >= 0.6 is 12.2 Å². The molecule has 1 aromatic carbocycles. The lowest BCUT2D eigenvalue weighted by atomic mass is 9.96. The average molecular weight is 314 g/mol. The van der Waals surface area contributed by atoms with Crippen molar-refractivity contribution >= 4 is 23.0 Å². The highest BCUT2D eigenvalue weighted by Crippen LogP contribution is 2.42. The lowest BCUT2D eigenvalue weighted by molar-refractivity contribution is -0.286. The first kappa shape index (κ1) is 14.3. The molecule has 1 fully saturated rings. The number of ether oxygens (including phenoxy) is 2. The highest BCUT2D eigenvalue weighted by molar-refractivity contribution is 7.80. The molecule has 0 radical (unpaired) electrons. The summed E-state index contributed by atoms with van der Waals surface area (Å²) in [7, 11) is 0. The van der Waals surface area contributed by atoms with Crippen LogP contribution in [0.1, 0.15) is 32.1 Å². The number of rotatable bonds is 2. The van der Waals surface area contributed by atoms with Gasteiger partial charge in [0.2, 0.25) is 0 Å². The molecule has 0 saturated heterocycles. The van der Waals surface area contributed by atoms with Gasteiger partial charge in [0.15, 0.2) is 16.6 Å². The molecule has 0 amide bonds. The van der Waals surface area contributed by atoms with Crippen LogP contribution in [0.15, 0.2) is 18.2 Å². The van der Waals surface area contributed by atoms with Crippen LogP contribution in [0.3, 0.4) is 0 Å². The van der Waals surface area contributed by atoms with E-state index in [4.69, 9.17) is 12.2 Å². The number of nitrogens with one attached hydrogen (secondary N) is 2. The first-order chi connectivity index (χ1) is 10.0. The molecule has 1 aliphatic carbocycles. The number of hydrogen-bond donors (Lipinski definition) is 2. The number of hydrogen-bond acceptors (Lipinski definition) is 3. The summed E-state index contributed by atoms with van der Waals surface area (Å²) in [6, 6.07) is 4.89. The van der Waals surface area contributed by atoms with Crippen molar-refractivity contribution < 1.29 is 18.3 Å². The molecule has 0 spiro atoms.